The van der Waals surface area contributed by atoms with Crippen LogP contribution in [0, 0.1) is 0 Å². The zero-order valence-corrected chi connectivity index (χ0v) is 13.2. The van der Waals surface area contributed by atoms with Crippen LogP contribution in [0.3, 0.4) is 0 Å². The quantitative estimate of drug-likeness (QED) is 0.691. The largest absolute Gasteiger partial charge is 0.497 e. The number of hydrogen-bond acceptors (Lipinski definition) is 5. The van der Waals surface area contributed by atoms with E-state index < -0.39 is 0 Å². The zero-order valence-electron chi connectivity index (χ0n) is 13.2. The number of carbonyl (C=O) groups is 1. The number of rotatable bonds is 9. The highest BCUT2D eigenvalue weighted by molar-refractivity contribution is 5.93. The number of methoxy groups -OCH3 is 1. The molecule has 0 unspecified atom stereocenters. The van der Waals surface area contributed by atoms with E-state index in [4.69, 9.17) is 19.6 Å². The van der Waals surface area contributed by atoms with E-state index in [1.807, 2.05) is 24.3 Å². The molecule has 0 atom stereocenters. The average molecular weight is 318 g/mol. The van der Waals surface area contributed by atoms with Gasteiger partial charge in [0.15, 0.2) is 0 Å². The fourth-order valence-corrected chi connectivity index (χ4v) is 2.00. The molecular weight excluding hydrogens is 296 g/mol. The Morgan fingerprint density at radius 1 is 1.30 bits per heavy atom. The van der Waals surface area contributed by atoms with E-state index in [9.17, 15) is 4.79 Å². The summed E-state index contributed by atoms with van der Waals surface area (Å²) in [5.74, 6) is 1.26. The average Bonchev–Trinajstić information content (AvgIpc) is 3.07. The van der Waals surface area contributed by atoms with Crippen molar-refractivity contribution < 1.29 is 18.7 Å². The molecule has 0 saturated carbocycles. The van der Waals surface area contributed by atoms with Crippen molar-refractivity contribution in [2.75, 3.05) is 20.3 Å². The van der Waals surface area contributed by atoms with Gasteiger partial charge in [0.1, 0.15) is 17.8 Å². The van der Waals surface area contributed by atoms with Crippen LogP contribution < -0.4 is 15.8 Å². The summed E-state index contributed by atoms with van der Waals surface area (Å²) in [5.41, 5.74) is 7.01. The minimum Gasteiger partial charge on any atom is -0.497 e. The third kappa shape index (κ3) is 5.43. The molecule has 1 amide bonds. The molecule has 0 saturated heterocycles. The molecule has 6 heteroatoms. The lowest BCUT2D eigenvalue weighted by Gasteiger charge is -2.06. The maximum atomic E-state index is 11.8. The normalized spacial score (nSPS) is 10.5. The van der Waals surface area contributed by atoms with E-state index in [1.165, 1.54) is 6.26 Å². The van der Waals surface area contributed by atoms with Crippen LogP contribution in [0.2, 0.25) is 0 Å². The summed E-state index contributed by atoms with van der Waals surface area (Å²) in [4.78, 5) is 11.8. The van der Waals surface area contributed by atoms with E-state index in [0.717, 1.165) is 17.7 Å². The summed E-state index contributed by atoms with van der Waals surface area (Å²) < 4.78 is 15.8. The molecule has 124 valence electrons. The van der Waals surface area contributed by atoms with Crippen molar-refractivity contribution in [1.29, 1.82) is 0 Å². The highest BCUT2D eigenvalue weighted by Gasteiger charge is 2.08. The summed E-state index contributed by atoms with van der Waals surface area (Å²) in [6.45, 7) is 1.95. The number of ether oxygens (including phenoxy) is 2. The third-order valence-corrected chi connectivity index (χ3v) is 3.30. The number of carbonyl (C=O) groups excluding carboxylic acids is 1. The Hall–Kier alpha value is -2.31. The number of nitrogens with two attached hydrogens (primary N) is 1. The Kier molecular flexibility index (Phi) is 6.65. The lowest BCUT2D eigenvalue weighted by molar-refractivity contribution is 0.0934. The molecule has 0 spiro atoms. The highest BCUT2D eigenvalue weighted by Crippen LogP contribution is 2.12. The van der Waals surface area contributed by atoms with E-state index >= 15 is 0 Å². The second-order valence-electron chi connectivity index (χ2n) is 5.02. The van der Waals surface area contributed by atoms with Gasteiger partial charge in [-0.3, -0.25) is 4.79 Å². The van der Waals surface area contributed by atoms with Crippen molar-refractivity contribution in [3.63, 3.8) is 0 Å². The van der Waals surface area contributed by atoms with Gasteiger partial charge in [-0.15, -0.1) is 0 Å². The van der Waals surface area contributed by atoms with Crippen molar-refractivity contribution in [2.24, 2.45) is 5.73 Å². The summed E-state index contributed by atoms with van der Waals surface area (Å²) in [6, 6.07) is 9.39. The standard InChI is InChI=1S/C17H22N2O4/c1-21-15-5-3-13(4-6-15)11-22-8-2-7-19-17(20)14-9-16(10-18)23-12-14/h3-6,9,12H,2,7-8,10-11,18H2,1H3,(H,19,20). The van der Waals surface area contributed by atoms with Crippen molar-refractivity contribution in [2.45, 2.75) is 19.6 Å². The Morgan fingerprint density at radius 3 is 2.74 bits per heavy atom. The van der Waals surface area contributed by atoms with Crippen molar-refractivity contribution in [1.82, 2.24) is 5.32 Å². The minimum atomic E-state index is -0.163. The molecule has 0 aliphatic rings. The third-order valence-electron chi connectivity index (χ3n) is 3.30. The first-order valence-electron chi connectivity index (χ1n) is 7.49. The molecule has 1 aromatic heterocycles. The lowest BCUT2D eigenvalue weighted by atomic mass is 10.2. The van der Waals surface area contributed by atoms with Gasteiger partial charge in [0, 0.05) is 13.2 Å². The maximum Gasteiger partial charge on any atom is 0.254 e. The minimum absolute atomic E-state index is 0.163. The molecule has 2 aromatic rings. The first kappa shape index (κ1) is 17.1. The van der Waals surface area contributed by atoms with Crippen LogP contribution in [0.15, 0.2) is 41.0 Å². The fourth-order valence-electron chi connectivity index (χ4n) is 2.00. The summed E-state index contributed by atoms with van der Waals surface area (Å²) in [5, 5.41) is 2.81. The molecule has 0 fully saturated rings. The van der Waals surface area contributed by atoms with Crippen LogP contribution in [0.25, 0.3) is 0 Å². The maximum absolute atomic E-state index is 11.8. The zero-order chi connectivity index (χ0) is 16.5. The Bertz CT molecular complexity index is 607. The van der Waals surface area contributed by atoms with Crippen LogP contribution in [0.4, 0.5) is 0 Å². The van der Waals surface area contributed by atoms with Gasteiger partial charge in [-0.25, -0.2) is 0 Å². The number of furan rings is 1. The molecular formula is C17H22N2O4. The molecule has 1 aromatic carbocycles. The second-order valence-corrected chi connectivity index (χ2v) is 5.02. The van der Waals surface area contributed by atoms with Crippen molar-refractivity contribution in [3.8, 4) is 5.75 Å². The monoisotopic (exact) mass is 318 g/mol. The van der Waals surface area contributed by atoms with E-state index in [2.05, 4.69) is 5.32 Å². The Balaban J connectivity index is 1.59. The fraction of sp³-hybridized carbons (Fsp3) is 0.353. The van der Waals surface area contributed by atoms with Crippen LogP contribution in [-0.4, -0.2) is 26.2 Å². The Morgan fingerprint density at radius 2 is 2.09 bits per heavy atom. The smallest absolute Gasteiger partial charge is 0.254 e. The van der Waals surface area contributed by atoms with E-state index in [0.29, 0.717) is 31.1 Å². The number of nitrogens with one attached hydrogen (secondary N) is 1. The van der Waals surface area contributed by atoms with Gasteiger partial charge < -0.3 is 24.9 Å². The molecule has 0 radical (unpaired) electrons. The first-order chi connectivity index (χ1) is 11.2. The van der Waals surface area contributed by atoms with E-state index in [-0.39, 0.29) is 12.5 Å². The van der Waals surface area contributed by atoms with Crippen LogP contribution in [0.5, 0.6) is 5.75 Å². The van der Waals surface area contributed by atoms with Crippen LogP contribution in [0.1, 0.15) is 28.1 Å². The molecule has 2 rings (SSSR count). The van der Waals surface area contributed by atoms with E-state index in [1.54, 1.807) is 13.2 Å². The first-order valence-corrected chi connectivity index (χ1v) is 7.49. The highest BCUT2D eigenvalue weighted by atomic mass is 16.5. The van der Waals surface area contributed by atoms with Gasteiger partial charge in [-0.2, -0.15) is 0 Å². The summed E-state index contributed by atoms with van der Waals surface area (Å²) in [7, 11) is 1.64. The number of amides is 1. The second kappa shape index (κ2) is 8.97. The van der Waals surface area contributed by atoms with Crippen molar-refractivity contribution >= 4 is 5.91 Å². The van der Waals surface area contributed by atoms with Crippen LogP contribution >= 0.6 is 0 Å². The SMILES string of the molecule is COc1ccc(COCCCNC(=O)c2coc(CN)c2)cc1. The number of hydrogen-bond donors (Lipinski definition) is 2. The predicted octanol–water partition coefficient (Wildman–Crippen LogP) is 2.08. The van der Waals surface area contributed by atoms with Gasteiger partial charge in [0.05, 0.1) is 25.8 Å². The molecule has 3 N–H and O–H groups in total. The van der Waals surface area contributed by atoms with Gasteiger partial charge in [0.25, 0.3) is 5.91 Å². The Labute approximate surface area is 135 Å². The lowest BCUT2D eigenvalue weighted by Crippen LogP contribution is -2.24. The van der Waals surface area contributed by atoms with Gasteiger partial charge in [-0.05, 0) is 30.2 Å². The van der Waals surface area contributed by atoms with Gasteiger partial charge >= 0.3 is 0 Å². The topological polar surface area (TPSA) is 86.7 Å². The molecule has 1 heterocycles. The van der Waals surface area contributed by atoms with Crippen molar-refractivity contribution in [3.05, 3.63) is 53.5 Å². The molecule has 0 bridgehead atoms. The molecule has 0 aliphatic heterocycles. The summed E-state index contributed by atoms with van der Waals surface area (Å²) in [6.07, 6.45) is 2.15. The molecule has 6 nitrogen and oxygen atoms in total. The van der Waals surface area contributed by atoms with Crippen LogP contribution in [-0.2, 0) is 17.9 Å². The summed E-state index contributed by atoms with van der Waals surface area (Å²) >= 11 is 0. The molecule has 0 aliphatic carbocycles. The predicted molar refractivity (Wildman–Crippen MR) is 86.2 cm³/mol. The van der Waals surface area contributed by atoms with Gasteiger partial charge in [-0.1, -0.05) is 12.1 Å². The number of benzene rings is 1. The molecule has 23 heavy (non-hydrogen) atoms. The van der Waals surface area contributed by atoms with Gasteiger partial charge in [0.2, 0.25) is 0 Å².